The molecule has 0 spiro atoms. The lowest BCUT2D eigenvalue weighted by Gasteiger charge is -2.39. The maximum atomic E-state index is 13.0. The molecular weight excluding hydrogens is 1770 g/mol. The maximum absolute atomic E-state index is 13.0. The van der Waals surface area contributed by atoms with Crippen molar-refractivity contribution < 1.29 is 58.7 Å². The first-order valence-corrected chi connectivity index (χ1v) is 44.8. The molecule has 0 radical (unpaired) electrons. The van der Waals surface area contributed by atoms with E-state index in [1.807, 2.05) is 108 Å². The summed E-state index contributed by atoms with van der Waals surface area (Å²) < 4.78 is 17.7. The van der Waals surface area contributed by atoms with Crippen LogP contribution in [0.3, 0.4) is 0 Å². The minimum atomic E-state index is -0.360. The molecular formula is C86H94N30O12S4. The van der Waals surface area contributed by atoms with Gasteiger partial charge in [0, 0.05) is 119 Å². The van der Waals surface area contributed by atoms with Crippen molar-refractivity contribution >= 4 is 105 Å². The van der Waals surface area contributed by atoms with Gasteiger partial charge in [-0.05, 0) is 88.6 Å². The Hall–Kier alpha value is -14.6. The summed E-state index contributed by atoms with van der Waals surface area (Å²) in [7, 11) is 0. The van der Waals surface area contributed by atoms with Crippen LogP contribution < -0.4 is 21.3 Å². The van der Waals surface area contributed by atoms with Crippen molar-refractivity contribution in [2.75, 3.05) is 100 Å². The highest BCUT2D eigenvalue weighted by molar-refractivity contribution is 7.14. The van der Waals surface area contributed by atoms with E-state index in [2.05, 4.69) is 150 Å². The molecule has 4 amide bonds. The number of carboxylic acid groups (broad SMARTS) is 2. The van der Waals surface area contributed by atoms with E-state index in [0.29, 0.717) is 131 Å². The quantitative estimate of drug-likeness (QED) is 0.0174. The maximum Gasteiger partial charge on any atom is 0.290 e. The third-order valence-electron chi connectivity index (χ3n) is 20.6. The number of aromatic amines is 4. The molecule has 18 heterocycles. The fourth-order valence-electron chi connectivity index (χ4n) is 13.4. The van der Waals surface area contributed by atoms with Gasteiger partial charge in [-0.1, -0.05) is 52.0 Å². The molecule has 42 nitrogen and oxygen atoms in total. The monoisotopic (exact) mass is 1870 g/mol. The summed E-state index contributed by atoms with van der Waals surface area (Å²) in [6.45, 7) is 21.8. The standard InChI is InChI=1S/2C21H24N8OS.2C21H21N7O3S.2CH2O2/c2*1-3-28(4-2)9-10-29-13-17(19(27-29)16-7-5-6-8-22-16)25-20(30)18-14-31-21(26-18)15-11-23-24-12-15;2*1-13-14(6-23-26-13)20-25-17(8-32-20)19(30)24-16-7-28(9-21(10-29)11-31-12-21)27-18(16)15-4-2-3-5-22-15;2*2-1-3/h2*5-8,11-14H,3-4,9-10H2,1-2H3,(H,23,24)(H,25,30);2*2-8,29H,9-12H2,1H3,(H,23,26)(H,24,30);2*1H,(H,2,3). The van der Waals surface area contributed by atoms with Crippen molar-refractivity contribution in [3.63, 3.8) is 0 Å². The number of aryl methyl sites for hydroxylation is 2. The Balaban J connectivity index is 0.000000146. The lowest BCUT2D eigenvalue weighted by atomic mass is 9.87. The van der Waals surface area contributed by atoms with Crippen molar-refractivity contribution in [3.05, 3.63) is 215 Å². The number of nitrogens with zero attached hydrogens (tertiary/aromatic N) is 22. The number of nitrogens with one attached hydrogen (secondary N) is 8. The van der Waals surface area contributed by atoms with E-state index in [-0.39, 0.29) is 60.6 Å². The second-order valence-corrected chi connectivity index (χ2v) is 33.1. The average molecular weight is 1870 g/mol. The number of hydrogen-bond donors (Lipinski definition) is 12. The highest BCUT2D eigenvalue weighted by atomic mass is 32.1. The average Bonchev–Trinajstić information content (AvgIpc) is 1.77. The number of rotatable bonds is 32. The lowest BCUT2D eigenvalue weighted by Crippen LogP contribution is -2.48. The van der Waals surface area contributed by atoms with Crippen molar-refractivity contribution in [2.24, 2.45) is 10.8 Å². The Morgan fingerprint density at radius 1 is 0.439 bits per heavy atom. The normalized spacial score (nSPS) is 12.6. The Morgan fingerprint density at radius 2 is 0.735 bits per heavy atom. The zero-order valence-corrected chi connectivity index (χ0v) is 75.6. The Labute approximate surface area is 770 Å². The molecule has 16 aromatic heterocycles. The molecule has 0 saturated carbocycles. The van der Waals surface area contributed by atoms with Crippen LogP contribution in [0.2, 0.25) is 0 Å². The minimum Gasteiger partial charge on any atom is -0.483 e. The number of H-pyrrole nitrogens is 4. The van der Waals surface area contributed by atoms with Crippen LogP contribution in [0.5, 0.6) is 0 Å². The van der Waals surface area contributed by atoms with E-state index in [1.165, 1.54) is 45.3 Å². The van der Waals surface area contributed by atoms with Crippen molar-refractivity contribution in [1.82, 2.24) is 130 Å². The van der Waals surface area contributed by atoms with Gasteiger partial charge in [-0.3, -0.25) is 87.8 Å². The Kier molecular flexibility index (Phi) is 33.1. The summed E-state index contributed by atoms with van der Waals surface area (Å²) >= 11 is 5.56. The third-order valence-corrected chi connectivity index (χ3v) is 24.1. The number of pyridine rings is 4. The molecule has 16 aromatic rings. The van der Waals surface area contributed by atoms with Crippen LogP contribution in [-0.2, 0) is 45.2 Å². The Morgan fingerprint density at radius 3 is 0.985 bits per heavy atom. The molecule has 46 heteroatoms. The van der Waals surface area contributed by atoms with Gasteiger partial charge in [0.05, 0.1) is 158 Å². The van der Waals surface area contributed by atoms with Crippen LogP contribution in [0.4, 0.5) is 22.7 Å². The van der Waals surface area contributed by atoms with Gasteiger partial charge in [0.1, 0.15) is 65.6 Å². The number of aliphatic hydroxyl groups is 2. The van der Waals surface area contributed by atoms with Crippen LogP contribution in [0, 0.1) is 24.7 Å². The van der Waals surface area contributed by atoms with Gasteiger partial charge in [0.25, 0.3) is 36.6 Å². The fourth-order valence-corrected chi connectivity index (χ4v) is 16.6. The molecule has 2 saturated heterocycles. The van der Waals surface area contributed by atoms with Gasteiger partial charge in [-0.15, -0.1) is 45.3 Å². The number of ether oxygens (including phenoxy) is 2. The number of amides is 4. The van der Waals surface area contributed by atoms with Gasteiger partial charge < -0.3 is 61.0 Å². The van der Waals surface area contributed by atoms with Crippen molar-refractivity contribution in [2.45, 2.75) is 67.7 Å². The number of carbonyl (C=O) groups excluding carboxylic acids is 4. The number of anilines is 4. The first-order valence-electron chi connectivity index (χ1n) is 41.3. The number of carbonyl (C=O) groups is 6. The van der Waals surface area contributed by atoms with Crippen LogP contribution in [0.25, 0.3) is 87.8 Å². The molecule has 0 aliphatic carbocycles. The molecule has 0 bridgehead atoms. The summed E-state index contributed by atoms with van der Waals surface area (Å²) in [5, 5.41) is 101. The van der Waals surface area contributed by atoms with E-state index in [1.54, 1.807) is 105 Å². The zero-order chi connectivity index (χ0) is 92.9. The SMILES string of the molecule is CCN(CC)CCn1cc(NC(=O)c2csc(-c3cn[nH]c3)n2)c(-c2ccccn2)n1.CCN(CC)CCn1cc(NC(=O)c2csc(-c3cn[nH]c3)n2)c(-c2ccccn2)n1.Cc1[nH]ncc1-c1nc(C(=O)Nc2cn(CC3(CO)COC3)nc2-c2ccccn2)cs1.Cc1[nH]ncc1-c1nc(C(=O)Nc2cn(CC3(CO)COC3)nc2-c2ccccn2)cs1.O=CO.O=CO. The first kappa shape index (κ1) is 95.0. The highest BCUT2D eigenvalue weighted by Gasteiger charge is 2.41. The van der Waals surface area contributed by atoms with E-state index in [4.69, 9.17) is 39.5 Å². The third kappa shape index (κ3) is 24.3. The molecule has 18 rings (SSSR count). The molecule has 0 aromatic carbocycles. The van der Waals surface area contributed by atoms with Crippen molar-refractivity contribution in [1.29, 1.82) is 0 Å². The van der Waals surface area contributed by atoms with E-state index in [9.17, 15) is 29.4 Å². The number of hydrogen-bond acceptors (Lipinski definition) is 32. The summed E-state index contributed by atoms with van der Waals surface area (Å²) in [6.07, 6.45) is 24.3. The largest absolute Gasteiger partial charge is 0.483 e. The molecule has 12 N–H and O–H groups in total. The summed E-state index contributed by atoms with van der Waals surface area (Å²) in [6, 6.07) is 22.3. The zero-order valence-electron chi connectivity index (χ0n) is 72.3. The van der Waals surface area contributed by atoms with Gasteiger partial charge in [-0.2, -0.15) is 40.8 Å². The van der Waals surface area contributed by atoms with Crippen LogP contribution in [0.1, 0.15) is 81.0 Å². The molecule has 132 heavy (non-hydrogen) atoms. The smallest absolute Gasteiger partial charge is 0.290 e. The molecule has 684 valence electrons. The topological polar surface area (TPSA) is 546 Å². The van der Waals surface area contributed by atoms with E-state index < -0.39 is 0 Å². The van der Waals surface area contributed by atoms with Crippen molar-refractivity contribution in [3.8, 4) is 87.8 Å². The van der Waals surface area contributed by atoms with E-state index >= 15 is 0 Å². The fraction of sp³-hybridized carbons (Fsp3) is 0.279. The van der Waals surface area contributed by atoms with Gasteiger partial charge >= 0.3 is 0 Å². The predicted molar refractivity (Wildman–Crippen MR) is 496 cm³/mol. The molecule has 2 fully saturated rings. The number of aliphatic hydroxyl groups excluding tert-OH is 2. The molecule has 0 unspecified atom stereocenters. The number of likely N-dealkylation sites (N-methyl/N-ethyl adjacent to an activating group) is 2. The highest BCUT2D eigenvalue weighted by Crippen LogP contribution is 2.37. The van der Waals surface area contributed by atoms with Gasteiger partial charge in [0.2, 0.25) is 0 Å². The first-order chi connectivity index (χ1) is 64.3. The van der Waals surface area contributed by atoms with Crippen LogP contribution >= 0.6 is 45.3 Å². The van der Waals surface area contributed by atoms with E-state index in [0.717, 1.165) is 106 Å². The summed E-state index contributed by atoms with van der Waals surface area (Å²) in [5.41, 5.74) is 13.2. The molecule has 2 aliphatic heterocycles. The second kappa shape index (κ2) is 46.1. The molecule has 2 aliphatic rings. The predicted octanol–water partition coefficient (Wildman–Crippen LogP) is 10.9. The van der Waals surface area contributed by atoms with Crippen LogP contribution in [-0.4, -0.2) is 265 Å². The minimum absolute atomic E-state index is 0.00248. The van der Waals surface area contributed by atoms with Crippen LogP contribution in [0.15, 0.2) is 181 Å². The number of thiazole rings is 4. The number of aromatic nitrogens is 24. The second-order valence-electron chi connectivity index (χ2n) is 29.7. The summed E-state index contributed by atoms with van der Waals surface area (Å²) in [5.74, 6) is -1.25. The summed E-state index contributed by atoms with van der Waals surface area (Å²) in [4.78, 5) is 108. The lowest BCUT2D eigenvalue weighted by molar-refractivity contribution is -0.146. The Bertz CT molecular complexity index is 5960. The molecule has 0 atom stereocenters. The van der Waals surface area contributed by atoms with Gasteiger partial charge in [-0.25, -0.2) is 19.9 Å². The van der Waals surface area contributed by atoms with Gasteiger partial charge in [0.15, 0.2) is 0 Å².